The third kappa shape index (κ3) is 2.10. The highest BCUT2D eigenvalue weighted by Crippen LogP contribution is 2.27. The molecule has 0 aliphatic carbocycles. The highest BCUT2D eigenvalue weighted by atomic mass is 32.1. The lowest BCUT2D eigenvalue weighted by atomic mass is 9.94. The third-order valence-electron chi connectivity index (χ3n) is 2.57. The van der Waals surface area contributed by atoms with Gasteiger partial charge in [-0.15, -0.1) is 11.3 Å². The predicted molar refractivity (Wildman–Crippen MR) is 56.9 cm³/mol. The predicted octanol–water partition coefficient (Wildman–Crippen LogP) is 1.89. The van der Waals surface area contributed by atoms with Crippen LogP contribution in [-0.4, -0.2) is 12.1 Å². The van der Waals surface area contributed by atoms with E-state index in [1.165, 1.54) is 4.88 Å². The van der Waals surface area contributed by atoms with E-state index in [0.717, 1.165) is 12.8 Å². The first kappa shape index (κ1) is 9.19. The molecule has 1 aliphatic rings. The zero-order valence-corrected chi connectivity index (χ0v) is 8.68. The van der Waals surface area contributed by atoms with Gasteiger partial charge < -0.3 is 11.1 Å². The van der Waals surface area contributed by atoms with Gasteiger partial charge in [0, 0.05) is 23.0 Å². The Hall–Kier alpha value is -0.380. The van der Waals surface area contributed by atoms with Crippen LogP contribution in [0.1, 0.15) is 30.7 Å². The molecular weight excluding hydrogens is 180 g/mol. The van der Waals surface area contributed by atoms with Gasteiger partial charge in [-0.3, -0.25) is 0 Å². The summed E-state index contributed by atoms with van der Waals surface area (Å²) in [5, 5.41) is 5.71. The van der Waals surface area contributed by atoms with E-state index in [-0.39, 0.29) is 0 Å². The van der Waals surface area contributed by atoms with Crippen molar-refractivity contribution in [3.63, 3.8) is 0 Å². The average Bonchev–Trinajstić information content (AvgIpc) is 2.53. The van der Waals surface area contributed by atoms with E-state index in [4.69, 9.17) is 5.73 Å². The number of piperidine rings is 1. The number of rotatable bonds is 1. The molecule has 0 radical (unpaired) electrons. The van der Waals surface area contributed by atoms with Crippen molar-refractivity contribution in [3.8, 4) is 0 Å². The summed E-state index contributed by atoms with van der Waals surface area (Å²) < 4.78 is 0. The van der Waals surface area contributed by atoms with E-state index >= 15 is 0 Å². The molecular formula is C10H16N2S. The fraction of sp³-hybridized carbons (Fsp3) is 0.600. The van der Waals surface area contributed by atoms with E-state index in [0.29, 0.717) is 18.1 Å². The van der Waals surface area contributed by atoms with Crippen LogP contribution in [0.15, 0.2) is 17.5 Å². The van der Waals surface area contributed by atoms with Crippen molar-refractivity contribution in [1.29, 1.82) is 0 Å². The van der Waals surface area contributed by atoms with Crippen molar-refractivity contribution in [3.05, 3.63) is 22.4 Å². The standard InChI is InChI=1S/C10H16N2S/c1-7-5-8(11)6-9(12-7)10-3-2-4-13-10/h2-4,7-9,12H,5-6,11H2,1H3/t7-,8-,9-/m0/s1. The maximum Gasteiger partial charge on any atom is 0.0431 e. The summed E-state index contributed by atoms with van der Waals surface area (Å²) in [6.45, 7) is 2.21. The van der Waals surface area contributed by atoms with Crippen molar-refractivity contribution in [2.75, 3.05) is 0 Å². The van der Waals surface area contributed by atoms with Crippen molar-refractivity contribution < 1.29 is 0 Å². The molecule has 1 aromatic rings. The van der Waals surface area contributed by atoms with Crippen LogP contribution in [0.3, 0.4) is 0 Å². The lowest BCUT2D eigenvalue weighted by Crippen LogP contribution is -2.43. The topological polar surface area (TPSA) is 38.0 Å². The summed E-state index contributed by atoms with van der Waals surface area (Å²) in [5.74, 6) is 0. The molecule has 1 aromatic heterocycles. The molecule has 3 N–H and O–H groups in total. The first-order valence-corrected chi connectivity index (χ1v) is 5.68. The Morgan fingerprint density at radius 1 is 1.54 bits per heavy atom. The van der Waals surface area contributed by atoms with Crippen LogP contribution in [0.2, 0.25) is 0 Å². The molecule has 72 valence electrons. The molecule has 1 fully saturated rings. The van der Waals surface area contributed by atoms with Crippen LogP contribution in [0, 0.1) is 0 Å². The van der Waals surface area contributed by atoms with E-state index in [1.807, 2.05) is 11.3 Å². The Morgan fingerprint density at radius 3 is 3.00 bits per heavy atom. The minimum absolute atomic E-state index is 0.364. The first-order chi connectivity index (χ1) is 6.25. The van der Waals surface area contributed by atoms with Gasteiger partial charge >= 0.3 is 0 Å². The fourth-order valence-electron chi connectivity index (χ4n) is 2.02. The molecule has 0 unspecified atom stereocenters. The summed E-state index contributed by atoms with van der Waals surface area (Å²) >= 11 is 1.82. The summed E-state index contributed by atoms with van der Waals surface area (Å²) in [6, 6.07) is 5.69. The quantitative estimate of drug-likeness (QED) is 0.720. The molecule has 0 aromatic carbocycles. The molecule has 2 heterocycles. The fourth-order valence-corrected chi connectivity index (χ4v) is 2.82. The zero-order valence-electron chi connectivity index (χ0n) is 7.86. The molecule has 0 amide bonds. The van der Waals surface area contributed by atoms with Crippen molar-refractivity contribution in [2.24, 2.45) is 5.73 Å². The first-order valence-electron chi connectivity index (χ1n) is 4.80. The number of hydrogen-bond acceptors (Lipinski definition) is 3. The summed E-state index contributed by atoms with van der Waals surface area (Å²) in [4.78, 5) is 1.42. The SMILES string of the molecule is C[C@H]1C[C@H](N)C[C@@H](c2cccs2)N1. The molecule has 3 atom stereocenters. The van der Waals surface area contributed by atoms with E-state index in [9.17, 15) is 0 Å². The van der Waals surface area contributed by atoms with Crippen LogP contribution in [0.5, 0.6) is 0 Å². The summed E-state index contributed by atoms with van der Waals surface area (Å²) in [5.41, 5.74) is 5.99. The largest absolute Gasteiger partial charge is 0.328 e. The van der Waals surface area contributed by atoms with Crippen LogP contribution in [-0.2, 0) is 0 Å². The second-order valence-electron chi connectivity index (χ2n) is 3.87. The molecule has 0 spiro atoms. The van der Waals surface area contributed by atoms with Crippen molar-refractivity contribution in [2.45, 2.75) is 37.9 Å². The molecule has 2 nitrogen and oxygen atoms in total. The molecule has 2 rings (SSSR count). The van der Waals surface area contributed by atoms with Gasteiger partial charge in [-0.05, 0) is 31.2 Å². The third-order valence-corrected chi connectivity index (χ3v) is 3.55. The minimum atomic E-state index is 0.364. The molecule has 1 saturated heterocycles. The maximum atomic E-state index is 5.99. The Kier molecular flexibility index (Phi) is 2.67. The minimum Gasteiger partial charge on any atom is -0.328 e. The van der Waals surface area contributed by atoms with E-state index in [1.54, 1.807) is 0 Å². The average molecular weight is 196 g/mol. The van der Waals surface area contributed by atoms with Crippen LogP contribution < -0.4 is 11.1 Å². The monoisotopic (exact) mass is 196 g/mol. The Bertz CT molecular complexity index is 248. The van der Waals surface area contributed by atoms with Gasteiger partial charge in [0.05, 0.1) is 0 Å². The lowest BCUT2D eigenvalue weighted by molar-refractivity contribution is 0.310. The molecule has 0 saturated carbocycles. The molecule has 0 bridgehead atoms. The highest BCUT2D eigenvalue weighted by molar-refractivity contribution is 7.10. The summed E-state index contributed by atoms with van der Waals surface area (Å²) in [7, 11) is 0. The second-order valence-corrected chi connectivity index (χ2v) is 4.85. The van der Waals surface area contributed by atoms with Crippen LogP contribution in [0.25, 0.3) is 0 Å². The summed E-state index contributed by atoms with van der Waals surface area (Å²) in [6.07, 6.45) is 2.17. The van der Waals surface area contributed by atoms with Crippen molar-refractivity contribution in [1.82, 2.24) is 5.32 Å². The van der Waals surface area contributed by atoms with Gasteiger partial charge in [0.15, 0.2) is 0 Å². The Balaban J connectivity index is 2.07. The molecule has 13 heavy (non-hydrogen) atoms. The van der Waals surface area contributed by atoms with Crippen LogP contribution in [0.4, 0.5) is 0 Å². The number of nitrogens with two attached hydrogens (primary N) is 1. The van der Waals surface area contributed by atoms with Gasteiger partial charge in [-0.1, -0.05) is 6.07 Å². The zero-order chi connectivity index (χ0) is 9.26. The second kappa shape index (κ2) is 3.78. The number of hydrogen-bond donors (Lipinski definition) is 2. The normalized spacial score (nSPS) is 34.8. The highest BCUT2D eigenvalue weighted by Gasteiger charge is 2.24. The van der Waals surface area contributed by atoms with Crippen molar-refractivity contribution >= 4 is 11.3 Å². The van der Waals surface area contributed by atoms with Gasteiger partial charge in [-0.2, -0.15) is 0 Å². The number of thiophene rings is 1. The van der Waals surface area contributed by atoms with Gasteiger partial charge in [0.1, 0.15) is 0 Å². The molecule has 3 heteroatoms. The van der Waals surface area contributed by atoms with E-state index in [2.05, 4.69) is 29.8 Å². The Morgan fingerprint density at radius 2 is 2.38 bits per heavy atom. The smallest absolute Gasteiger partial charge is 0.0431 e. The maximum absolute atomic E-state index is 5.99. The van der Waals surface area contributed by atoms with Gasteiger partial charge in [-0.25, -0.2) is 0 Å². The Labute approximate surface area is 83.1 Å². The lowest BCUT2D eigenvalue weighted by Gasteiger charge is -2.32. The van der Waals surface area contributed by atoms with Crippen LogP contribution >= 0.6 is 11.3 Å². The van der Waals surface area contributed by atoms with Gasteiger partial charge in [0.2, 0.25) is 0 Å². The van der Waals surface area contributed by atoms with E-state index < -0.39 is 0 Å². The van der Waals surface area contributed by atoms with Gasteiger partial charge in [0.25, 0.3) is 0 Å². The number of nitrogens with one attached hydrogen (secondary N) is 1. The molecule has 1 aliphatic heterocycles.